The fourth-order valence-electron chi connectivity index (χ4n) is 3.17. The first-order valence-electron chi connectivity index (χ1n) is 9.48. The van der Waals surface area contributed by atoms with Crippen LogP contribution < -0.4 is 10.1 Å². The molecule has 0 saturated heterocycles. The zero-order valence-electron chi connectivity index (χ0n) is 16.4. The summed E-state index contributed by atoms with van der Waals surface area (Å²) in [4.78, 5) is 8.58. The first-order chi connectivity index (χ1) is 14.1. The number of nitrogens with zero attached hydrogens (tertiary/aromatic N) is 4. The molecule has 0 bridgehead atoms. The Morgan fingerprint density at radius 3 is 2.69 bits per heavy atom. The van der Waals surface area contributed by atoms with E-state index in [0.717, 1.165) is 29.1 Å². The van der Waals surface area contributed by atoms with Crippen LogP contribution in [0.3, 0.4) is 0 Å². The number of rotatable bonds is 7. The third-order valence-corrected chi connectivity index (χ3v) is 5.10. The Bertz CT molecular complexity index is 1130. The van der Waals surface area contributed by atoms with E-state index in [-0.39, 0.29) is 0 Å². The van der Waals surface area contributed by atoms with E-state index in [9.17, 15) is 0 Å². The monoisotopic (exact) mass is 407 g/mol. The summed E-state index contributed by atoms with van der Waals surface area (Å²) in [5.74, 6) is 2.13. The molecule has 0 saturated carbocycles. The molecule has 0 aliphatic carbocycles. The summed E-state index contributed by atoms with van der Waals surface area (Å²) >= 11 is 6.42. The SMILES string of the molecule is Cc1nc2ncnn2c(NCCOc2ccc(Cc3ccccc3)cc2Cl)c1C. The van der Waals surface area contributed by atoms with E-state index in [4.69, 9.17) is 16.3 Å². The van der Waals surface area contributed by atoms with Crippen LogP contribution in [0.15, 0.2) is 54.9 Å². The minimum Gasteiger partial charge on any atom is -0.490 e. The average molecular weight is 408 g/mol. The first kappa shape index (κ1) is 19.2. The lowest BCUT2D eigenvalue weighted by Crippen LogP contribution is -2.16. The first-order valence-corrected chi connectivity index (χ1v) is 9.85. The summed E-state index contributed by atoms with van der Waals surface area (Å²) in [6.07, 6.45) is 2.34. The van der Waals surface area contributed by atoms with Crippen LogP contribution in [0.1, 0.15) is 22.4 Å². The van der Waals surface area contributed by atoms with Gasteiger partial charge < -0.3 is 10.1 Å². The van der Waals surface area contributed by atoms with E-state index in [1.807, 2.05) is 44.2 Å². The van der Waals surface area contributed by atoms with Crippen molar-refractivity contribution in [2.45, 2.75) is 20.3 Å². The van der Waals surface area contributed by atoms with Crippen LogP contribution in [-0.2, 0) is 6.42 Å². The zero-order chi connectivity index (χ0) is 20.2. The van der Waals surface area contributed by atoms with Crippen LogP contribution in [0.2, 0.25) is 5.02 Å². The van der Waals surface area contributed by atoms with Gasteiger partial charge in [-0.05, 0) is 43.5 Å². The third-order valence-electron chi connectivity index (χ3n) is 4.81. The van der Waals surface area contributed by atoms with Crippen molar-refractivity contribution < 1.29 is 4.74 Å². The minimum atomic E-state index is 0.467. The lowest BCUT2D eigenvalue weighted by Gasteiger charge is -2.14. The van der Waals surface area contributed by atoms with Crippen LogP contribution in [0.5, 0.6) is 5.75 Å². The van der Waals surface area contributed by atoms with Gasteiger partial charge in [0.2, 0.25) is 0 Å². The minimum absolute atomic E-state index is 0.467. The fourth-order valence-corrected chi connectivity index (χ4v) is 3.43. The van der Waals surface area contributed by atoms with E-state index in [1.165, 1.54) is 11.9 Å². The van der Waals surface area contributed by atoms with Gasteiger partial charge in [0, 0.05) is 11.3 Å². The zero-order valence-corrected chi connectivity index (χ0v) is 17.1. The topological polar surface area (TPSA) is 64.3 Å². The van der Waals surface area contributed by atoms with Gasteiger partial charge in [0.25, 0.3) is 5.78 Å². The lowest BCUT2D eigenvalue weighted by atomic mass is 10.1. The van der Waals surface area contributed by atoms with Crippen molar-refractivity contribution in [3.05, 3.63) is 82.3 Å². The second-order valence-electron chi connectivity index (χ2n) is 6.85. The number of fused-ring (bicyclic) bond motifs is 1. The largest absolute Gasteiger partial charge is 0.490 e. The Hall–Kier alpha value is -3.12. The molecule has 29 heavy (non-hydrogen) atoms. The van der Waals surface area contributed by atoms with Crippen LogP contribution in [0.25, 0.3) is 5.78 Å². The molecule has 7 heteroatoms. The Kier molecular flexibility index (Phi) is 5.62. The molecule has 0 fully saturated rings. The highest BCUT2D eigenvalue weighted by Crippen LogP contribution is 2.26. The van der Waals surface area contributed by atoms with Gasteiger partial charge in [-0.2, -0.15) is 14.6 Å². The number of ether oxygens (including phenoxy) is 1. The van der Waals surface area contributed by atoms with E-state index in [2.05, 4.69) is 38.6 Å². The van der Waals surface area contributed by atoms with Crippen molar-refractivity contribution in [2.75, 3.05) is 18.5 Å². The van der Waals surface area contributed by atoms with Gasteiger partial charge in [0.05, 0.1) is 11.6 Å². The van der Waals surface area contributed by atoms with Crippen LogP contribution in [-0.4, -0.2) is 32.7 Å². The Morgan fingerprint density at radius 1 is 1.07 bits per heavy atom. The van der Waals surface area contributed by atoms with Crippen molar-refractivity contribution in [1.82, 2.24) is 19.6 Å². The number of aryl methyl sites for hydroxylation is 1. The number of anilines is 1. The summed E-state index contributed by atoms with van der Waals surface area (Å²) < 4.78 is 7.57. The molecule has 0 unspecified atom stereocenters. The molecule has 148 valence electrons. The number of aromatic nitrogens is 4. The molecule has 0 aliphatic rings. The maximum Gasteiger partial charge on any atom is 0.254 e. The maximum atomic E-state index is 6.42. The van der Waals surface area contributed by atoms with Crippen LogP contribution in [0, 0.1) is 13.8 Å². The number of hydrogen-bond acceptors (Lipinski definition) is 5. The predicted molar refractivity (Wildman–Crippen MR) is 115 cm³/mol. The third kappa shape index (κ3) is 4.32. The Morgan fingerprint density at radius 2 is 1.90 bits per heavy atom. The summed E-state index contributed by atoms with van der Waals surface area (Å²) in [7, 11) is 0. The molecule has 6 nitrogen and oxygen atoms in total. The van der Waals surface area contributed by atoms with Crippen molar-refractivity contribution in [3.8, 4) is 5.75 Å². The van der Waals surface area contributed by atoms with Crippen molar-refractivity contribution >= 4 is 23.2 Å². The molecular weight excluding hydrogens is 386 g/mol. The van der Waals surface area contributed by atoms with E-state index in [0.29, 0.717) is 29.7 Å². The van der Waals surface area contributed by atoms with Crippen molar-refractivity contribution in [3.63, 3.8) is 0 Å². The summed E-state index contributed by atoms with van der Waals surface area (Å²) in [5, 5.41) is 8.22. The van der Waals surface area contributed by atoms with Gasteiger partial charge in [-0.3, -0.25) is 0 Å². The molecule has 2 heterocycles. The molecule has 0 spiro atoms. The van der Waals surface area contributed by atoms with Gasteiger partial charge >= 0.3 is 0 Å². The van der Waals surface area contributed by atoms with Gasteiger partial charge in [-0.15, -0.1) is 0 Å². The quantitative estimate of drug-likeness (QED) is 0.458. The van der Waals surface area contributed by atoms with Gasteiger partial charge in [-0.25, -0.2) is 4.98 Å². The van der Waals surface area contributed by atoms with E-state index < -0.39 is 0 Å². The normalized spacial score (nSPS) is 11.0. The van der Waals surface area contributed by atoms with Crippen molar-refractivity contribution in [2.24, 2.45) is 0 Å². The summed E-state index contributed by atoms with van der Waals surface area (Å²) in [5.41, 5.74) is 4.37. The average Bonchev–Trinajstić information content (AvgIpc) is 3.18. The Labute approximate surface area is 174 Å². The molecule has 4 rings (SSSR count). The molecule has 0 aliphatic heterocycles. The second-order valence-corrected chi connectivity index (χ2v) is 7.25. The molecule has 4 aromatic rings. The molecule has 0 radical (unpaired) electrons. The Balaban J connectivity index is 1.37. The summed E-state index contributed by atoms with van der Waals surface area (Å²) in [6.45, 7) is 5.04. The highest BCUT2D eigenvalue weighted by molar-refractivity contribution is 6.32. The molecular formula is C22H22ClN5O. The van der Waals surface area contributed by atoms with E-state index in [1.54, 1.807) is 4.52 Å². The van der Waals surface area contributed by atoms with Crippen LogP contribution in [0.4, 0.5) is 5.82 Å². The smallest absolute Gasteiger partial charge is 0.254 e. The lowest BCUT2D eigenvalue weighted by molar-refractivity contribution is 0.332. The second kappa shape index (κ2) is 8.49. The summed E-state index contributed by atoms with van der Waals surface area (Å²) in [6, 6.07) is 16.3. The predicted octanol–water partition coefficient (Wildman–Crippen LogP) is 4.48. The number of hydrogen-bond donors (Lipinski definition) is 1. The standard InChI is InChI=1S/C22H22ClN5O/c1-15-16(2)27-22-25-14-26-28(22)21(15)24-10-11-29-20-9-8-18(13-19(20)23)12-17-6-4-3-5-7-17/h3-9,13-14,24H,10-12H2,1-2H3. The number of benzene rings is 2. The van der Waals surface area contributed by atoms with E-state index >= 15 is 0 Å². The molecule has 0 atom stereocenters. The van der Waals surface area contributed by atoms with Gasteiger partial charge in [0.15, 0.2) is 0 Å². The molecule has 0 amide bonds. The highest BCUT2D eigenvalue weighted by Gasteiger charge is 2.11. The fraction of sp³-hybridized carbons (Fsp3) is 0.227. The molecule has 2 aromatic heterocycles. The molecule has 1 N–H and O–H groups in total. The van der Waals surface area contributed by atoms with Crippen molar-refractivity contribution in [1.29, 1.82) is 0 Å². The van der Waals surface area contributed by atoms with Gasteiger partial charge in [0.1, 0.15) is 24.5 Å². The molecule has 2 aromatic carbocycles. The maximum absolute atomic E-state index is 6.42. The number of nitrogens with one attached hydrogen (secondary N) is 1. The van der Waals surface area contributed by atoms with Gasteiger partial charge in [-0.1, -0.05) is 48.0 Å². The number of halogens is 1. The van der Waals surface area contributed by atoms with Crippen LogP contribution >= 0.6 is 11.6 Å². The highest BCUT2D eigenvalue weighted by atomic mass is 35.5.